The van der Waals surface area contributed by atoms with Crippen molar-refractivity contribution in [3.05, 3.63) is 34.4 Å². The summed E-state index contributed by atoms with van der Waals surface area (Å²) < 4.78 is 19.4. The monoisotopic (exact) mass is 308 g/mol. The molecular formula is C9H13N2O8P. The number of ether oxygens (including phenoxy) is 1. The Morgan fingerprint density at radius 3 is 2.45 bits per heavy atom. The second-order valence-electron chi connectivity index (χ2n) is 3.65. The van der Waals surface area contributed by atoms with Crippen LogP contribution in [0, 0.1) is 10.1 Å². The van der Waals surface area contributed by atoms with Crippen LogP contribution < -0.4 is 10.2 Å². The summed E-state index contributed by atoms with van der Waals surface area (Å²) in [6.07, 6.45) is -1.09. The Labute approximate surface area is 113 Å². The van der Waals surface area contributed by atoms with Crippen LogP contribution in [-0.2, 0) is 9.19 Å². The van der Waals surface area contributed by atoms with Crippen molar-refractivity contribution in [1.82, 2.24) is 5.48 Å². The molecule has 0 saturated heterocycles. The van der Waals surface area contributed by atoms with Gasteiger partial charge in [0.2, 0.25) is 0 Å². The average molecular weight is 308 g/mol. The van der Waals surface area contributed by atoms with E-state index in [4.69, 9.17) is 14.5 Å². The third kappa shape index (κ3) is 6.57. The van der Waals surface area contributed by atoms with Gasteiger partial charge in [-0.25, -0.2) is 4.57 Å². The first-order valence-corrected chi connectivity index (χ1v) is 6.83. The van der Waals surface area contributed by atoms with Crippen LogP contribution in [0.5, 0.6) is 5.75 Å². The van der Waals surface area contributed by atoms with Crippen molar-refractivity contribution in [3.63, 3.8) is 0 Å². The van der Waals surface area contributed by atoms with Crippen molar-refractivity contribution in [2.45, 2.75) is 6.10 Å². The van der Waals surface area contributed by atoms with Crippen molar-refractivity contribution in [1.29, 1.82) is 0 Å². The van der Waals surface area contributed by atoms with Crippen LogP contribution in [-0.4, -0.2) is 39.1 Å². The lowest BCUT2D eigenvalue weighted by Gasteiger charge is -2.13. The number of non-ortho nitro benzene ring substituents is 1. The molecule has 112 valence electrons. The molecule has 0 radical (unpaired) electrons. The third-order valence-corrected chi connectivity index (χ3v) is 2.36. The molecule has 0 spiro atoms. The maximum atomic E-state index is 10.4. The highest BCUT2D eigenvalue weighted by Gasteiger charge is 2.15. The fourth-order valence-corrected chi connectivity index (χ4v) is 1.38. The number of nitro groups is 1. The van der Waals surface area contributed by atoms with Crippen molar-refractivity contribution >= 4 is 13.5 Å². The maximum absolute atomic E-state index is 10.4. The number of phosphoric acid groups is 1. The summed E-state index contributed by atoms with van der Waals surface area (Å²) in [4.78, 5) is 26.6. The van der Waals surface area contributed by atoms with E-state index in [2.05, 4.69) is 4.62 Å². The van der Waals surface area contributed by atoms with Crippen LogP contribution in [0.2, 0.25) is 0 Å². The van der Waals surface area contributed by atoms with Gasteiger partial charge in [-0.3, -0.25) is 10.1 Å². The lowest BCUT2D eigenvalue weighted by molar-refractivity contribution is -0.384. The zero-order valence-electron chi connectivity index (χ0n) is 10.1. The summed E-state index contributed by atoms with van der Waals surface area (Å²) >= 11 is 0. The molecule has 1 aromatic carbocycles. The van der Waals surface area contributed by atoms with Gasteiger partial charge in [0.05, 0.1) is 11.5 Å². The molecule has 10 nitrogen and oxygen atoms in total. The normalized spacial score (nSPS) is 12.9. The maximum Gasteiger partial charge on any atom is 0.486 e. The Kier molecular flexibility index (Phi) is 6.02. The van der Waals surface area contributed by atoms with E-state index in [1.807, 2.05) is 5.48 Å². The second-order valence-corrected chi connectivity index (χ2v) is 4.81. The molecule has 0 aliphatic heterocycles. The molecule has 4 N–H and O–H groups in total. The van der Waals surface area contributed by atoms with Gasteiger partial charge in [-0.15, -0.1) is 0 Å². The lowest BCUT2D eigenvalue weighted by atomic mass is 10.3. The van der Waals surface area contributed by atoms with E-state index in [1.165, 1.54) is 24.3 Å². The van der Waals surface area contributed by atoms with E-state index in [0.29, 0.717) is 5.75 Å². The molecule has 1 unspecified atom stereocenters. The Morgan fingerprint density at radius 1 is 1.35 bits per heavy atom. The van der Waals surface area contributed by atoms with Gasteiger partial charge in [0, 0.05) is 12.1 Å². The number of aliphatic hydroxyl groups excluding tert-OH is 1. The third-order valence-electron chi connectivity index (χ3n) is 1.99. The van der Waals surface area contributed by atoms with Crippen LogP contribution in [0.3, 0.4) is 0 Å². The molecule has 0 fully saturated rings. The summed E-state index contributed by atoms with van der Waals surface area (Å²) in [5, 5.41) is 19.8. The number of rotatable bonds is 8. The van der Waals surface area contributed by atoms with Crippen LogP contribution >= 0.6 is 7.82 Å². The first-order chi connectivity index (χ1) is 9.28. The van der Waals surface area contributed by atoms with E-state index < -0.39 is 18.8 Å². The fourth-order valence-electron chi connectivity index (χ4n) is 1.13. The zero-order valence-corrected chi connectivity index (χ0v) is 11.0. The Morgan fingerprint density at radius 2 is 1.95 bits per heavy atom. The van der Waals surface area contributed by atoms with E-state index in [-0.39, 0.29) is 18.8 Å². The van der Waals surface area contributed by atoms with E-state index in [9.17, 15) is 19.8 Å². The van der Waals surface area contributed by atoms with Gasteiger partial charge >= 0.3 is 7.82 Å². The van der Waals surface area contributed by atoms with Crippen molar-refractivity contribution in [3.8, 4) is 5.75 Å². The van der Waals surface area contributed by atoms with Gasteiger partial charge < -0.3 is 19.6 Å². The summed E-state index contributed by atoms with van der Waals surface area (Å²) in [5.41, 5.74) is 1.81. The summed E-state index contributed by atoms with van der Waals surface area (Å²) in [7, 11) is -4.64. The Balaban J connectivity index is 2.32. The fraction of sp³-hybridized carbons (Fsp3) is 0.333. The predicted octanol–water partition coefficient (Wildman–Crippen LogP) is -0.0516. The smallest absolute Gasteiger partial charge is 0.486 e. The SMILES string of the molecule is O=[N+]([O-])c1ccc(OCC(O)CNOP(=O)(O)O)cc1. The van der Waals surface area contributed by atoms with Crippen molar-refractivity contribution in [2.24, 2.45) is 0 Å². The number of nitrogens with zero attached hydrogens (tertiary/aromatic N) is 1. The largest absolute Gasteiger partial charge is 0.491 e. The molecule has 0 amide bonds. The minimum atomic E-state index is -4.64. The van der Waals surface area contributed by atoms with Crippen LogP contribution in [0.1, 0.15) is 0 Å². The Bertz CT molecular complexity index is 487. The predicted molar refractivity (Wildman–Crippen MR) is 65.7 cm³/mol. The van der Waals surface area contributed by atoms with Gasteiger partial charge in [-0.1, -0.05) is 0 Å². The number of benzene rings is 1. The first kappa shape index (κ1) is 16.5. The topological polar surface area (TPSA) is 151 Å². The first-order valence-electron chi connectivity index (χ1n) is 5.30. The number of hydrogen-bond acceptors (Lipinski definition) is 7. The molecule has 1 aromatic rings. The lowest BCUT2D eigenvalue weighted by Crippen LogP contribution is -2.31. The molecule has 0 aliphatic carbocycles. The summed E-state index contributed by atoms with van der Waals surface area (Å²) in [6.45, 7) is -0.451. The van der Waals surface area contributed by atoms with Gasteiger partial charge in [0.25, 0.3) is 5.69 Å². The van der Waals surface area contributed by atoms with E-state index >= 15 is 0 Å². The number of nitro benzene ring substituents is 1. The van der Waals surface area contributed by atoms with E-state index in [0.717, 1.165) is 0 Å². The number of nitrogens with one attached hydrogen (secondary N) is 1. The Hall–Kier alpha value is -1.55. The molecular weight excluding hydrogens is 295 g/mol. The molecule has 1 rings (SSSR count). The quantitative estimate of drug-likeness (QED) is 0.294. The number of hydroxylamine groups is 1. The minimum absolute atomic E-state index is 0.0883. The van der Waals surface area contributed by atoms with Gasteiger partial charge in [0.15, 0.2) is 0 Å². The minimum Gasteiger partial charge on any atom is -0.491 e. The summed E-state index contributed by atoms with van der Waals surface area (Å²) in [6, 6.07) is 5.22. The molecule has 20 heavy (non-hydrogen) atoms. The van der Waals surface area contributed by atoms with Crippen LogP contribution in [0.15, 0.2) is 24.3 Å². The molecule has 0 bridgehead atoms. The van der Waals surface area contributed by atoms with Gasteiger partial charge in [-0.05, 0) is 12.1 Å². The van der Waals surface area contributed by atoms with Gasteiger partial charge in [0.1, 0.15) is 18.5 Å². The van der Waals surface area contributed by atoms with Crippen LogP contribution in [0.25, 0.3) is 0 Å². The van der Waals surface area contributed by atoms with Crippen molar-refractivity contribution < 1.29 is 33.7 Å². The molecule has 11 heteroatoms. The highest BCUT2D eigenvalue weighted by molar-refractivity contribution is 7.46. The molecule has 0 saturated carbocycles. The van der Waals surface area contributed by atoms with Crippen LogP contribution in [0.4, 0.5) is 5.69 Å². The average Bonchev–Trinajstić information content (AvgIpc) is 2.35. The number of aliphatic hydroxyl groups is 1. The zero-order chi connectivity index (χ0) is 15.2. The molecule has 1 atom stereocenters. The van der Waals surface area contributed by atoms with Gasteiger partial charge in [-0.2, -0.15) is 10.1 Å². The molecule has 0 aliphatic rings. The van der Waals surface area contributed by atoms with E-state index in [1.54, 1.807) is 0 Å². The molecule has 0 aromatic heterocycles. The highest BCUT2D eigenvalue weighted by Crippen LogP contribution is 2.33. The highest BCUT2D eigenvalue weighted by atomic mass is 31.2. The second kappa shape index (κ2) is 7.29. The standard InChI is InChI=1S/C9H13N2O8P/c12-8(5-10-19-20(15,16)17)6-18-9-3-1-7(2-4-9)11(13)14/h1-4,8,10,12H,5-6H2,(H2,15,16,17). The number of hydrogen-bond donors (Lipinski definition) is 4. The molecule has 0 heterocycles. The summed E-state index contributed by atoms with van der Waals surface area (Å²) in [5.74, 6) is 0.311. The van der Waals surface area contributed by atoms with Crippen molar-refractivity contribution in [2.75, 3.05) is 13.2 Å².